The Bertz CT molecular complexity index is 431. The second-order valence-corrected chi connectivity index (χ2v) is 7.08. The molecule has 106 valence electrons. The zero-order valence-electron chi connectivity index (χ0n) is 12.4. The molecule has 1 saturated heterocycles. The Morgan fingerprint density at radius 2 is 2.16 bits per heavy atom. The molecule has 1 aromatic carbocycles. The van der Waals surface area contributed by atoms with Crippen LogP contribution < -0.4 is 10.2 Å². The predicted molar refractivity (Wildman–Crippen MR) is 86.9 cm³/mol. The first-order valence-corrected chi connectivity index (χ1v) is 8.03. The van der Waals surface area contributed by atoms with Gasteiger partial charge in [0, 0.05) is 35.3 Å². The maximum Gasteiger partial charge on any atom is 0.0410 e. The fraction of sp³-hybridized carbons (Fsp3) is 0.625. The van der Waals surface area contributed by atoms with Gasteiger partial charge in [0.15, 0.2) is 0 Å². The number of piperazine rings is 1. The molecule has 0 bridgehead atoms. The maximum absolute atomic E-state index is 3.68. The molecule has 0 saturated carbocycles. The summed E-state index contributed by atoms with van der Waals surface area (Å²) >= 11 is 3.60. The standard InChI is InChI=1S/C16H25BrN2/c1-11(2)7-15-10-19(13(4)9-18-15)16-8-14(17)6-5-12(16)3/h5-6,8,11,13,15,18H,7,9-10H2,1-4H3. The SMILES string of the molecule is Cc1ccc(Br)cc1N1CC(CC(C)C)NCC1C. The van der Waals surface area contributed by atoms with Crippen molar-refractivity contribution in [3.63, 3.8) is 0 Å². The van der Waals surface area contributed by atoms with E-state index in [2.05, 4.69) is 72.0 Å². The van der Waals surface area contributed by atoms with E-state index in [1.807, 2.05) is 0 Å². The van der Waals surface area contributed by atoms with Crippen molar-refractivity contribution < 1.29 is 0 Å². The van der Waals surface area contributed by atoms with E-state index in [0.29, 0.717) is 12.1 Å². The van der Waals surface area contributed by atoms with Gasteiger partial charge in [0.2, 0.25) is 0 Å². The van der Waals surface area contributed by atoms with Gasteiger partial charge in [-0.15, -0.1) is 0 Å². The number of halogens is 1. The largest absolute Gasteiger partial charge is 0.366 e. The minimum absolute atomic E-state index is 0.552. The number of benzene rings is 1. The molecule has 2 nitrogen and oxygen atoms in total. The summed E-state index contributed by atoms with van der Waals surface area (Å²) in [5.41, 5.74) is 2.73. The lowest BCUT2D eigenvalue weighted by atomic mass is 9.99. The van der Waals surface area contributed by atoms with Crippen LogP contribution in [0.4, 0.5) is 5.69 Å². The van der Waals surface area contributed by atoms with Gasteiger partial charge in [-0.3, -0.25) is 0 Å². The van der Waals surface area contributed by atoms with Crippen LogP contribution in [0.3, 0.4) is 0 Å². The van der Waals surface area contributed by atoms with Gasteiger partial charge < -0.3 is 10.2 Å². The molecule has 0 aromatic heterocycles. The molecule has 1 aromatic rings. The van der Waals surface area contributed by atoms with Gasteiger partial charge in [-0.1, -0.05) is 35.8 Å². The first-order valence-electron chi connectivity index (χ1n) is 7.23. The number of aryl methyl sites for hydroxylation is 1. The number of hydrogen-bond donors (Lipinski definition) is 1. The zero-order chi connectivity index (χ0) is 14.0. The molecular formula is C16H25BrN2. The van der Waals surface area contributed by atoms with Crippen molar-refractivity contribution >= 4 is 21.6 Å². The summed E-state index contributed by atoms with van der Waals surface area (Å²) in [7, 11) is 0. The number of hydrogen-bond acceptors (Lipinski definition) is 2. The van der Waals surface area contributed by atoms with Crippen molar-refractivity contribution in [2.45, 2.75) is 46.2 Å². The third-order valence-electron chi connectivity index (χ3n) is 3.89. The number of anilines is 1. The highest BCUT2D eigenvalue weighted by Gasteiger charge is 2.26. The van der Waals surface area contributed by atoms with Crippen molar-refractivity contribution in [2.75, 3.05) is 18.0 Å². The summed E-state index contributed by atoms with van der Waals surface area (Å²) in [4.78, 5) is 2.56. The van der Waals surface area contributed by atoms with E-state index in [9.17, 15) is 0 Å². The monoisotopic (exact) mass is 324 g/mol. The van der Waals surface area contributed by atoms with Crippen LogP contribution in [0.5, 0.6) is 0 Å². The second-order valence-electron chi connectivity index (χ2n) is 6.17. The quantitative estimate of drug-likeness (QED) is 0.905. The van der Waals surface area contributed by atoms with Crippen LogP contribution in [0.15, 0.2) is 22.7 Å². The van der Waals surface area contributed by atoms with Crippen LogP contribution in [-0.2, 0) is 0 Å². The van der Waals surface area contributed by atoms with Gasteiger partial charge in [-0.05, 0) is 43.9 Å². The summed E-state index contributed by atoms with van der Waals surface area (Å²) in [6, 6.07) is 7.73. The molecule has 0 aliphatic carbocycles. The smallest absolute Gasteiger partial charge is 0.0410 e. The Hall–Kier alpha value is -0.540. The number of nitrogens with zero attached hydrogens (tertiary/aromatic N) is 1. The second kappa shape index (κ2) is 6.27. The first kappa shape index (κ1) is 14.9. The van der Waals surface area contributed by atoms with Crippen molar-refractivity contribution in [1.29, 1.82) is 0 Å². The third kappa shape index (κ3) is 3.73. The number of rotatable bonds is 3. The molecule has 19 heavy (non-hydrogen) atoms. The normalized spacial score (nSPS) is 24.0. The summed E-state index contributed by atoms with van der Waals surface area (Å²) in [6.45, 7) is 11.3. The first-order chi connectivity index (χ1) is 8.97. The van der Waals surface area contributed by atoms with Crippen LogP contribution in [0.1, 0.15) is 32.8 Å². The summed E-state index contributed by atoms with van der Waals surface area (Å²) in [6.07, 6.45) is 1.25. The van der Waals surface area contributed by atoms with Crippen molar-refractivity contribution in [3.05, 3.63) is 28.2 Å². The Morgan fingerprint density at radius 3 is 2.84 bits per heavy atom. The fourth-order valence-electron chi connectivity index (χ4n) is 2.88. The average Bonchev–Trinajstić information content (AvgIpc) is 2.34. The molecule has 1 fully saturated rings. The summed E-state index contributed by atoms with van der Waals surface area (Å²) in [5, 5.41) is 3.68. The maximum atomic E-state index is 3.68. The third-order valence-corrected chi connectivity index (χ3v) is 4.38. The highest BCUT2D eigenvalue weighted by molar-refractivity contribution is 9.10. The molecule has 1 heterocycles. The van der Waals surface area contributed by atoms with Gasteiger partial charge in [-0.2, -0.15) is 0 Å². The molecular weight excluding hydrogens is 300 g/mol. The lowest BCUT2D eigenvalue weighted by Gasteiger charge is -2.41. The van der Waals surface area contributed by atoms with E-state index < -0.39 is 0 Å². The molecule has 2 atom stereocenters. The van der Waals surface area contributed by atoms with E-state index in [-0.39, 0.29) is 0 Å². The van der Waals surface area contributed by atoms with E-state index in [0.717, 1.165) is 19.0 Å². The van der Waals surface area contributed by atoms with Gasteiger partial charge in [0.05, 0.1) is 0 Å². The molecule has 2 unspecified atom stereocenters. The van der Waals surface area contributed by atoms with E-state index in [1.165, 1.54) is 22.1 Å². The molecule has 0 spiro atoms. The molecule has 2 rings (SSSR count). The minimum Gasteiger partial charge on any atom is -0.366 e. The van der Waals surface area contributed by atoms with E-state index in [4.69, 9.17) is 0 Å². The van der Waals surface area contributed by atoms with Gasteiger partial charge in [0.1, 0.15) is 0 Å². The lowest BCUT2D eigenvalue weighted by molar-refractivity contribution is 0.355. The lowest BCUT2D eigenvalue weighted by Crippen LogP contribution is -2.56. The van der Waals surface area contributed by atoms with Crippen molar-refractivity contribution in [1.82, 2.24) is 5.32 Å². The zero-order valence-corrected chi connectivity index (χ0v) is 14.0. The number of nitrogens with one attached hydrogen (secondary N) is 1. The van der Waals surface area contributed by atoms with Crippen molar-refractivity contribution in [3.8, 4) is 0 Å². The highest BCUT2D eigenvalue weighted by Crippen LogP contribution is 2.28. The predicted octanol–water partition coefficient (Wildman–Crippen LogP) is 3.97. The van der Waals surface area contributed by atoms with Crippen LogP contribution >= 0.6 is 15.9 Å². The molecule has 1 N–H and O–H groups in total. The van der Waals surface area contributed by atoms with Crippen LogP contribution in [0.25, 0.3) is 0 Å². The van der Waals surface area contributed by atoms with Crippen molar-refractivity contribution in [2.24, 2.45) is 5.92 Å². The Balaban J connectivity index is 2.18. The van der Waals surface area contributed by atoms with Gasteiger partial charge >= 0.3 is 0 Å². The van der Waals surface area contributed by atoms with Gasteiger partial charge in [-0.25, -0.2) is 0 Å². The van der Waals surface area contributed by atoms with Gasteiger partial charge in [0.25, 0.3) is 0 Å². The summed E-state index contributed by atoms with van der Waals surface area (Å²) in [5.74, 6) is 0.747. The minimum atomic E-state index is 0.552. The van der Waals surface area contributed by atoms with Crippen LogP contribution in [0.2, 0.25) is 0 Å². The Kier molecular flexibility index (Phi) is 4.91. The molecule has 1 aliphatic heterocycles. The highest BCUT2D eigenvalue weighted by atomic mass is 79.9. The Morgan fingerprint density at radius 1 is 1.42 bits per heavy atom. The molecule has 0 radical (unpaired) electrons. The van der Waals surface area contributed by atoms with Crippen LogP contribution in [-0.4, -0.2) is 25.2 Å². The molecule has 0 amide bonds. The van der Waals surface area contributed by atoms with E-state index in [1.54, 1.807) is 0 Å². The molecule has 1 aliphatic rings. The average molecular weight is 325 g/mol. The Labute approximate surface area is 125 Å². The fourth-order valence-corrected chi connectivity index (χ4v) is 3.23. The van der Waals surface area contributed by atoms with Crippen LogP contribution in [0, 0.1) is 12.8 Å². The topological polar surface area (TPSA) is 15.3 Å². The summed E-state index contributed by atoms with van der Waals surface area (Å²) < 4.78 is 1.17. The van der Waals surface area contributed by atoms with E-state index >= 15 is 0 Å². The molecule has 3 heteroatoms.